The molecular formula is C15H23NO. The van der Waals surface area contributed by atoms with Gasteiger partial charge in [-0.15, -0.1) is 0 Å². The van der Waals surface area contributed by atoms with Crippen LogP contribution in [0, 0.1) is 0 Å². The first-order chi connectivity index (χ1) is 8.08. The van der Waals surface area contributed by atoms with Crippen LogP contribution in [0.2, 0.25) is 0 Å². The summed E-state index contributed by atoms with van der Waals surface area (Å²) in [5.74, 6) is 1.00. The van der Waals surface area contributed by atoms with E-state index in [1.54, 1.807) is 7.05 Å². The number of carbonyl (C=O) groups is 1. The summed E-state index contributed by atoms with van der Waals surface area (Å²) in [5, 5.41) is 2.69. The lowest BCUT2D eigenvalue weighted by Gasteiger charge is -2.15. The molecule has 0 aromatic heterocycles. The Balaban J connectivity index is 2.78. The molecule has 1 atom stereocenters. The van der Waals surface area contributed by atoms with E-state index >= 15 is 0 Å². The Bertz CT molecular complexity index is 354. The van der Waals surface area contributed by atoms with Crippen molar-refractivity contribution in [3.8, 4) is 0 Å². The van der Waals surface area contributed by atoms with Crippen molar-refractivity contribution in [3.63, 3.8) is 0 Å². The molecule has 0 saturated heterocycles. The molecule has 0 spiro atoms. The average molecular weight is 233 g/mol. The maximum atomic E-state index is 11.4. The predicted octanol–water partition coefficient (Wildman–Crippen LogP) is 3.44. The van der Waals surface area contributed by atoms with Gasteiger partial charge in [0.1, 0.15) is 0 Å². The highest BCUT2D eigenvalue weighted by atomic mass is 16.1. The number of hydrogen-bond donors (Lipinski definition) is 1. The van der Waals surface area contributed by atoms with Gasteiger partial charge in [-0.05, 0) is 29.4 Å². The second-order valence-corrected chi connectivity index (χ2v) is 4.80. The summed E-state index contributed by atoms with van der Waals surface area (Å²) in [6, 6.07) is 8.66. The van der Waals surface area contributed by atoms with E-state index in [0.29, 0.717) is 18.3 Å². The lowest BCUT2D eigenvalue weighted by atomic mass is 9.91. The Morgan fingerprint density at radius 2 is 1.71 bits per heavy atom. The van der Waals surface area contributed by atoms with Crippen LogP contribution in [-0.2, 0) is 4.79 Å². The number of amides is 1. The van der Waals surface area contributed by atoms with E-state index in [1.807, 2.05) is 0 Å². The number of carbonyl (C=O) groups excluding carboxylic acids is 1. The highest BCUT2D eigenvalue weighted by molar-refractivity contribution is 5.76. The monoisotopic (exact) mass is 233 g/mol. The summed E-state index contributed by atoms with van der Waals surface area (Å²) >= 11 is 0. The van der Waals surface area contributed by atoms with Gasteiger partial charge in [-0.2, -0.15) is 0 Å². The van der Waals surface area contributed by atoms with Gasteiger partial charge in [-0.25, -0.2) is 0 Å². The zero-order chi connectivity index (χ0) is 12.8. The predicted molar refractivity (Wildman–Crippen MR) is 72.2 cm³/mol. The Morgan fingerprint density at radius 3 is 2.12 bits per heavy atom. The van der Waals surface area contributed by atoms with Crippen LogP contribution in [-0.4, -0.2) is 13.0 Å². The van der Waals surface area contributed by atoms with E-state index in [2.05, 4.69) is 50.4 Å². The van der Waals surface area contributed by atoms with Crippen LogP contribution in [0.5, 0.6) is 0 Å². The smallest absolute Gasteiger partial charge is 0.220 e. The molecule has 1 rings (SSSR count). The van der Waals surface area contributed by atoms with Gasteiger partial charge in [0.2, 0.25) is 5.91 Å². The summed E-state index contributed by atoms with van der Waals surface area (Å²) in [4.78, 5) is 11.4. The zero-order valence-corrected chi connectivity index (χ0v) is 11.3. The highest BCUT2D eigenvalue weighted by Gasteiger charge is 2.13. The van der Waals surface area contributed by atoms with Crippen molar-refractivity contribution in [2.45, 2.75) is 45.4 Å². The van der Waals surface area contributed by atoms with E-state index in [9.17, 15) is 4.79 Å². The third kappa shape index (κ3) is 3.88. The van der Waals surface area contributed by atoms with Crippen molar-refractivity contribution >= 4 is 5.91 Å². The Hall–Kier alpha value is -1.31. The van der Waals surface area contributed by atoms with E-state index < -0.39 is 0 Å². The minimum atomic E-state index is 0.116. The molecule has 0 radical (unpaired) electrons. The molecule has 0 saturated carbocycles. The van der Waals surface area contributed by atoms with Crippen molar-refractivity contribution in [2.75, 3.05) is 7.05 Å². The molecule has 2 nitrogen and oxygen atoms in total. The second-order valence-electron chi connectivity index (χ2n) is 4.80. The van der Waals surface area contributed by atoms with Gasteiger partial charge < -0.3 is 5.32 Å². The minimum Gasteiger partial charge on any atom is -0.359 e. The summed E-state index contributed by atoms with van der Waals surface area (Å²) in [6.07, 6.45) is 1.57. The fourth-order valence-corrected chi connectivity index (χ4v) is 1.98. The fraction of sp³-hybridized carbons (Fsp3) is 0.533. The Labute approximate surface area is 104 Å². The van der Waals surface area contributed by atoms with Crippen LogP contribution in [0.25, 0.3) is 0 Å². The van der Waals surface area contributed by atoms with Crippen molar-refractivity contribution in [3.05, 3.63) is 35.4 Å². The highest BCUT2D eigenvalue weighted by Crippen LogP contribution is 2.25. The molecule has 17 heavy (non-hydrogen) atoms. The molecule has 0 aliphatic rings. The molecule has 0 fully saturated rings. The third-order valence-corrected chi connectivity index (χ3v) is 3.28. The quantitative estimate of drug-likeness (QED) is 0.829. The van der Waals surface area contributed by atoms with E-state index in [0.717, 1.165) is 6.42 Å². The Morgan fingerprint density at radius 1 is 1.18 bits per heavy atom. The van der Waals surface area contributed by atoms with Gasteiger partial charge in [0.15, 0.2) is 0 Å². The van der Waals surface area contributed by atoms with Crippen LogP contribution in [0.1, 0.15) is 56.6 Å². The van der Waals surface area contributed by atoms with Crippen molar-refractivity contribution < 1.29 is 4.79 Å². The largest absolute Gasteiger partial charge is 0.359 e. The number of rotatable bonds is 5. The summed E-state index contributed by atoms with van der Waals surface area (Å²) in [7, 11) is 1.69. The molecule has 1 N–H and O–H groups in total. The van der Waals surface area contributed by atoms with Crippen molar-refractivity contribution in [2.24, 2.45) is 0 Å². The van der Waals surface area contributed by atoms with Crippen LogP contribution in [0.15, 0.2) is 24.3 Å². The summed E-state index contributed by atoms with van der Waals surface area (Å²) in [5.41, 5.74) is 2.61. The van der Waals surface area contributed by atoms with Gasteiger partial charge in [-0.3, -0.25) is 4.79 Å². The van der Waals surface area contributed by atoms with E-state index in [1.165, 1.54) is 11.1 Å². The molecule has 1 unspecified atom stereocenters. The maximum absolute atomic E-state index is 11.4. The summed E-state index contributed by atoms with van der Waals surface area (Å²) in [6.45, 7) is 6.51. The van der Waals surface area contributed by atoms with Crippen LogP contribution in [0.4, 0.5) is 0 Å². The first kappa shape index (κ1) is 13.8. The number of hydrogen-bond acceptors (Lipinski definition) is 1. The fourth-order valence-electron chi connectivity index (χ4n) is 1.98. The molecule has 1 amide bonds. The lowest BCUT2D eigenvalue weighted by molar-refractivity contribution is -0.121. The van der Waals surface area contributed by atoms with Gasteiger partial charge in [0, 0.05) is 13.5 Å². The maximum Gasteiger partial charge on any atom is 0.220 e. The van der Waals surface area contributed by atoms with Crippen LogP contribution >= 0.6 is 0 Å². The van der Waals surface area contributed by atoms with Gasteiger partial charge in [0.05, 0.1) is 0 Å². The molecular weight excluding hydrogens is 210 g/mol. The molecule has 1 aromatic rings. The topological polar surface area (TPSA) is 29.1 Å². The van der Waals surface area contributed by atoms with Crippen molar-refractivity contribution in [1.82, 2.24) is 5.32 Å². The summed E-state index contributed by atoms with van der Waals surface area (Å²) < 4.78 is 0. The van der Waals surface area contributed by atoms with Gasteiger partial charge in [0.25, 0.3) is 0 Å². The molecule has 94 valence electrons. The van der Waals surface area contributed by atoms with Gasteiger partial charge in [-0.1, -0.05) is 45.0 Å². The molecule has 0 heterocycles. The van der Waals surface area contributed by atoms with Crippen LogP contribution in [0.3, 0.4) is 0 Å². The standard InChI is InChI=1S/C15H23NO/c1-5-12(10-15(17)16-4)14-8-6-13(7-9-14)11(2)3/h6-9,11-12H,5,10H2,1-4H3,(H,16,17). The second kappa shape index (κ2) is 6.43. The van der Waals surface area contributed by atoms with Gasteiger partial charge >= 0.3 is 0 Å². The first-order valence-corrected chi connectivity index (χ1v) is 6.38. The molecule has 1 aromatic carbocycles. The van der Waals surface area contributed by atoms with Crippen molar-refractivity contribution in [1.29, 1.82) is 0 Å². The van der Waals surface area contributed by atoms with E-state index in [-0.39, 0.29) is 5.91 Å². The zero-order valence-electron chi connectivity index (χ0n) is 11.3. The normalized spacial score (nSPS) is 12.5. The third-order valence-electron chi connectivity index (χ3n) is 3.28. The molecule has 2 heteroatoms. The minimum absolute atomic E-state index is 0.116. The lowest BCUT2D eigenvalue weighted by Crippen LogP contribution is -2.20. The van der Waals surface area contributed by atoms with Crippen LogP contribution < -0.4 is 5.32 Å². The number of nitrogens with one attached hydrogen (secondary N) is 1. The number of benzene rings is 1. The Kier molecular flexibility index (Phi) is 5.20. The molecule has 0 aliphatic carbocycles. The SMILES string of the molecule is CCC(CC(=O)NC)c1ccc(C(C)C)cc1. The first-order valence-electron chi connectivity index (χ1n) is 6.38. The average Bonchev–Trinajstić information content (AvgIpc) is 2.35. The molecule has 0 aliphatic heterocycles. The molecule has 0 bridgehead atoms. The van der Waals surface area contributed by atoms with E-state index in [4.69, 9.17) is 0 Å².